The van der Waals surface area contributed by atoms with E-state index < -0.39 is 0 Å². The number of aromatic nitrogens is 1. The van der Waals surface area contributed by atoms with Gasteiger partial charge in [0.05, 0.1) is 15.7 Å². The van der Waals surface area contributed by atoms with Crippen LogP contribution in [0.4, 0.5) is 5.69 Å². The quantitative estimate of drug-likeness (QED) is 0.876. The first-order valence-electron chi connectivity index (χ1n) is 4.95. The van der Waals surface area contributed by atoms with E-state index in [0.717, 1.165) is 0 Å². The molecule has 0 atom stereocenters. The summed E-state index contributed by atoms with van der Waals surface area (Å²) >= 11 is 15.1. The third-order valence-electron chi connectivity index (χ3n) is 2.17. The monoisotopic (exact) mass is 344 g/mol. The number of nitrogens with zero attached hydrogens (tertiary/aromatic N) is 1. The fourth-order valence-corrected chi connectivity index (χ4v) is 2.12. The number of hydrogen-bond acceptors (Lipinski definition) is 2. The molecule has 3 nitrogen and oxygen atoms in total. The van der Waals surface area contributed by atoms with Gasteiger partial charge in [0.1, 0.15) is 5.69 Å². The van der Waals surface area contributed by atoms with Crippen molar-refractivity contribution in [2.75, 3.05) is 5.32 Å². The molecule has 18 heavy (non-hydrogen) atoms. The van der Waals surface area contributed by atoms with Crippen LogP contribution in [0.25, 0.3) is 0 Å². The standard InChI is InChI=1S/C12H7BrCl2N2O/c13-7-3-2-6-16-11(7)12(18)17-9-5-1-4-8(14)10(9)15/h1-6H,(H,17,18). The van der Waals surface area contributed by atoms with Gasteiger partial charge in [0, 0.05) is 10.7 Å². The van der Waals surface area contributed by atoms with Gasteiger partial charge in [-0.05, 0) is 40.2 Å². The summed E-state index contributed by atoms with van der Waals surface area (Å²) in [6.45, 7) is 0. The van der Waals surface area contributed by atoms with Crippen LogP contribution in [0.1, 0.15) is 10.5 Å². The Morgan fingerprint density at radius 1 is 1.22 bits per heavy atom. The summed E-state index contributed by atoms with van der Waals surface area (Å²) in [5.41, 5.74) is 0.736. The third-order valence-corrected chi connectivity index (χ3v) is 3.63. The van der Waals surface area contributed by atoms with Gasteiger partial charge in [0.15, 0.2) is 0 Å². The molecule has 2 aromatic rings. The lowest BCUT2D eigenvalue weighted by Gasteiger charge is -2.08. The summed E-state index contributed by atoms with van der Waals surface area (Å²) in [5, 5.41) is 3.35. The molecule has 0 spiro atoms. The van der Waals surface area contributed by atoms with Crippen molar-refractivity contribution in [1.82, 2.24) is 4.98 Å². The van der Waals surface area contributed by atoms with E-state index in [1.807, 2.05) is 0 Å². The molecule has 1 N–H and O–H groups in total. The maximum atomic E-state index is 12.0. The predicted octanol–water partition coefficient (Wildman–Crippen LogP) is 4.40. The van der Waals surface area contributed by atoms with Crippen molar-refractivity contribution in [2.45, 2.75) is 0 Å². The number of halogens is 3. The SMILES string of the molecule is O=C(Nc1cccc(Cl)c1Cl)c1ncccc1Br. The van der Waals surface area contributed by atoms with Crippen molar-refractivity contribution in [3.8, 4) is 0 Å². The summed E-state index contributed by atoms with van der Waals surface area (Å²) in [6, 6.07) is 8.49. The fraction of sp³-hybridized carbons (Fsp3) is 0. The minimum atomic E-state index is -0.355. The van der Waals surface area contributed by atoms with Gasteiger partial charge in [0.25, 0.3) is 5.91 Å². The molecule has 1 aromatic heterocycles. The van der Waals surface area contributed by atoms with Crippen molar-refractivity contribution in [3.63, 3.8) is 0 Å². The van der Waals surface area contributed by atoms with Crippen LogP contribution in [0.5, 0.6) is 0 Å². The zero-order valence-corrected chi connectivity index (χ0v) is 12.1. The van der Waals surface area contributed by atoms with Gasteiger partial charge >= 0.3 is 0 Å². The Bertz CT molecular complexity index is 604. The molecule has 1 heterocycles. The molecular formula is C12H7BrCl2N2O. The number of carbonyl (C=O) groups excluding carboxylic acids is 1. The normalized spacial score (nSPS) is 10.2. The lowest BCUT2D eigenvalue weighted by Crippen LogP contribution is -2.14. The Morgan fingerprint density at radius 2 is 2.00 bits per heavy atom. The lowest BCUT2D eigenvalue weighted by molar-refractivity contribution is 0.102. The van der Waals surface area contributed by atoms with Crippen molar-refractivity contribution in [2.24, 2.45) is 0 Å². The van der Waals surface area contributed by atoms with Crippen LogP contribution in [0.15, 0.2) is 41.0 Å². The number of carbonyl (C=O) groups is 1. The number of hydrogen-bond donors (Lipinski definition) is 1. The number of rotatable bonds is 2. The first-order chi connectivity index (χ1) is 8.59. The number of benzene rings is 1. The number of pyridine rings is 1. The van der Waals surface area contributed by atoms with E-state index in [2.05, 4.69) is 26.2 Å². The van der Waals surface area contributed by atoms with Crippen molar-refractivity contribution < 1.29 is 4.79 Å². The molecule has 0 saturated carbocycles. The van der Waals surface area contributed by atoms with Gasteiger partial charge in [0.2, 0.25) is 0 Å². The first-order valence-corrected chi connectivity index (χ1v) is 6.50. The summed E-state index contributed by atoms with van der Waals surface area (Å²) in [7, 11) is 0. The lowest BCUT2D eigenvalue weighted by atomic mass is 10.3. The van der Waals surface area contributed by atoms with Gasteiger partial charge in [-0.1, -0.05) is 29.3 Å². The average molecular weight is 346 g/mol. The molecule has 0 unspecified atom stereocenters. The summed E-state index contributed by atoms with van der Waals surface area (Å²) < 4.78 is 0.612. The Morgan fingerprint density at radius 3 is 2.72 bits per heavy atom. The Labute approximate surface area is 122 Å². The second-order valence-corrected chi connectivity index (χ2v) is 5.03. The van der Waals surface area contributed by atoms with Gasteiger partial charge in [-0.25, -0.2) is 4.98 Å². The molecule has 0 bridgehead atoms. The number of anilines is 1. The molecule has 0 radical (unpaired) electrons. The van der Waals surface area contributed by atoms with Gasteiger partial charge in [-0.2, -0.15) is 0 Å². The van der Waals surface area contributed by atoms with Gasteiger partial charge in [-0.15, -0.1) is 0 Å². The smallest absolute Gasteiger partial charge is 0.275 e. The van der Waals surface area contributed by atoms with Crippen LogP contribution in [0, 0.1) is 0 Å². The molecule has 1 aromatic carbocycles. The highest BCUT2D eigenvalue weighted by molar-refractivity contribution is 9.10. The van der Waals surface area contributed by atoms with E-state index in [4.69, 9.17) is 23.2 Å². The highest BCUT2D eigenvalue weighted by Gasteiger charge is 2.13. The minimum Gasteiger partial charge on any atom is -0.319 e. The first kappa shape index (κ1) is 13.3. The fourth-order valence-electron chi connectivity index (χ4n) is 1.33. The summed E-state index contributed by atoms with van der Waals surface area (Å²) in [5.74, 6) is -0.355. The summed E-state index contributed by atoms with van der Waals surface area (Å²) in [4.78, 5) is 16.0. The molecular weight excluding hydrogens is 339 g/mol. The van der Waals surface area contributed by atoms with E-state index in [9.17, 15) is 4.79 Å². The largest absolute Gasteiger partial charge is 0.319 e. The molecule has 0 aliphatic rings. The average Bonchev–Trinajstić information content (AvgIpc) is 2.35. The highest BCUT2D eigenvalue weighted by Crippen LogP contribution is 2.30. The molecule has 1 amide bonds. The topological polar surface area (TPSA) is 42.0 Å². The molecule has 0 aliphatic heterocycles. The Balaban J connectivity index is 2.27. The molecule has 6 heteroatoms. The second-order valence-electron chi connectivity index (χ2n) is 3.39. The second kappa shape index (κ2) is 5.69. The molecule has 92 valence electrons. The van der Waals surface area contributed by atoms with Crippen LogP contribution >= 0.6 is 39.1 Å². The van der Waals surface area contributed by atoms with Crippen molar-refractivity contribution in [3.05, 3.63) is 56.7 Å². The molecule has 0 aliphatic carbocycles. The van der Waals surface area contributed by atoms with E-state index in [1.54, 1.807) is 36.5 Å². The van der Waals surface area contributed by atoms with Crippen molar-refractivity contribution in [1.29, 1.82) is 0 Å². The Kier molecular flexibility index (Phi) is 4.22. The van der Waals surface area contributed by atoms with E-state index in [1.165, 1.54) is 0 Å². The van der Waals surface area contributed by atoms with Gasteiger partial charge < -0.3 is 5.32 Å². The molecule has 2 rings (SSSR count). The maximum absolute atomic E-state index is 12.0. The van der Waals surface area contributed by atoms with Gasteiger partial charge in [-0.3, -0.25) is 4.79 Å². The molecule has 0 saturated heterocycles. The van der Waals surface area contributed by atoms with E-state index in [0.29, 0.717) is 20.2 Å². The van der Waals surface area contributed by atoms with Crippen LogP contribution in [-0.2, 0) is 0 Å². The van der Waals surface area contributed by atoms with Crippen LogP contribution in [0.3, 0.4) is 0 Å². The van der Waals surface area contributed by atoms with Crippen molar-refractivity contribution >= 4 is 50.7 Å². The van der Waals surface area contributed by atoms with Crippen LogP contribution in [-0.4, -0.2) is 10.9 Å². The van der Waals surface area contributed by atoms with E-state index in [-0.39, 0.29) is 11.6 Å². The zero-order valence-electron chi connectivity index (χ0n) is 8.95. The number of amides is 1. The van der Waals surface area contributed by atoms with Crippen LogP contribution in [0.2, 0.25) is 10.0 Å². The van der Waals surface area contributed by atoms with Crippen LogP contribution < -0.4 is 5.32 Å². The third kappa shape index (κ3) is 2.83. The highest BCUT2D eigenvalue weighted by atomic mass is 79.9. The number of nitrogens with one attached hydrogen (secondary N) is 1. The van der Waals surface area contributed by atoms with E-state index >= 15 is 0 Å². The maximum Gasteiger partial charge on any atom is 0.275 e. The Hall–Kier alpha value is -1.10. The zero-order chi connectivity index (χ0) is 13.1. The summed E-state index contributed by atoms with van der Waals surface area (Å²) in [6.07, 6.45) is 1.54. The predicted molar refractivity (Wildman–Crippen MR) is 76.4 cm³/mol. The molecule has 0 fully saturated rings. The minimum absolute atomic E-state index is 0.286.